The fourth-order valence-corrected chi connectivity index (χ4v) is 5.87. The number of hydrogen-bond donors (Lipinski definition) is 2. The highest BCUT2D eigenvalue weighted by Crippen LogP contribution is 2.52. The summed E-state index contributed by atoms with van der Waals surface area (Å²) in [6.45, 7) is 1.73. The van der Waals surface area contributed by atoms with Crippen LogP contribution in [-0.2, 0) is 16.1 Å². The van der Waals surface area contributed by atoms with Crippen LogP contribution in [0.1, 0.15) is 50.3 Å². The normalized spacial score (nSPS) is 30.0. The lowest BCUT2D eigenvalue weighted by Crippen LogP contribution is -2.39. The van der Waals surface area contributed by atoms with Gasteiger partial charge in [-0.3, -0.25) is 24.2 Å². The minimum atomic E-state index is -0.103. The second kappa shape index (κ2) is 8.48. The molecule has 4 atom stereocenters. The predicted octanol–water partition coefficient (Wildman–Crippen LogP) is 1.86. The lowest BCUT2D eigenvalue weighted by Gasteiger charge is -2.18. The van der Waals surface area contributed by atoms with Crippen LogP contribution in [0.5, 0.6) is 0 Å². The first kappa shape index (κ1) is 20.3. The van der Waals surface area contributed by atoms with Gasteiger partial charge >= 0.3 is 0 Å². The second-order valence-electron chi connectivity index (χ2n) is 9.26. The first-order valence-corrected chi connectivity index (χ1v) is 11.7. The van der Waals surface area contributed by atoms with Gasteiger partial charge in [-0.25, -0.2) is 0 Å². The van der Waals surface area contributed by atoms with Crippen LogP contribution in [0.2, 0.25) is 0 Å². The van der Waals surface area contributed by atoms with Crippen molar-refractivity contribution >= 4 is 17.8 Å². The van der Waals surface area contributed by atoms with Crippen LogP contribution < -0.4 is 10.6 Å². The number of amides is 2. The van der Waals surface area contributed by atoms with Crippen molar-refractivity contribution in [2.45, 2.75) is 51.1 Å². The highest BCUT2D eigenvalue weighted by molar-refractivity contribution is 6.06. The molecule has 4 unspecified atom stereocenters. The van der Waals surface area contributed by atoms with E-state index in [2.05, 4.69) is 44.7 Å². The Bertz CT molecular complexity index is 870. The molecule has 0 radical (unpaired) electrons. The molecule has 8 heteroatoms. The number of guanidine groups is 1. The van der Waals surface area contributed by atoms with Gasteiger partial charge in [0, 0.05) is 26.3 Å². The van der Waals surface area contributed by atoms with Crippen LogP contribution in [0.25, 0.3) is 0 Å². The van der Waals surface area contributed by atoms with Crippen molar-refractivity contribution in [3.63, 3.8) is 0 Å². The van der Waals surface area contributed by atoms with E-state index in [1.165, 1.54) is 30.6 Å². The van der Waals surface area contributed by atoms with Gasteiger partial charge in [0.2, 0.25) is 11.8 Å². The quantitative estimate of drug-likeness (QED) is 0.229. The Labute approximate surface area is 183 Å². The molecule has 4 aliphatic rings. The van der Waals surface area contributed by atoms with Crippen molar-refractivity contribution in [1.29, 1.82) is 0 Å². The molecule has 2 saturated carbocycles. The number of fused-ring (bicyclic) bond motifs is 5. The van der Waals surface area contributed by atoms with Gasteiger partial charge in [0.25, 0.3) is 0 Å². The number of carbonyl (C=O) groups excluding carboxylic acids is 2. The number of imide groups is 1. The number of nitrogens with one attached hydrogen (secondary N) is 2. The predicted molar refractivity (Wildman–Crippen MR) is 117 cm³/mol. The SMILES string of the molecule is CN=C(NCCCN1C(=O)C2C3C=CC(C3)C2C1=O)NCc1ccn(C2CCCC2)n1. The molecule has 5 rings (SSSR count). The molecule has 2 bridgehead atoms. The third-order valence-electron chi connectivity index (χ3n) is 7.44. The molecule has 3 aliphatic carbocycles. The number of nitrogens with zero attached hydrogens (tertiary/aromatic N) is 4. The molecule has 1 aliphatic heterocycles. The molecule has 0 spiro atoms. The zero-order chi connectivity index (χ0) is 21.4. The summed E-state index contributed by atoms with van der Waals surface area (Å²) in [5, 5.41) is 11.3. The van der Waals surface area contributed by atoms with E-state index < -0.39 is 0 Å². The zero-order valence-corrected chi connectivity index (χ0v) is 18.2. The average molecular weight is 425 g/mol. The largest absolute Gasteiger partial charge is 0.356 e. The molecular formula is C23H32N6O2. The summed E-state index contributed by atoms with van der Waals surface area (Å²) in [5.41, 5.74) is 0.998. The van der Waals surface area contributed by atoms with Gasteiger partial charge in [0.1, 0.15) is 0 Å². The molecule has 2 heterocycles. The van der Waals surface area contributed by atoms with Crippen LogP contribution in [-0.4, -0.2) is 52.6 Å². The molecule has 3 fully saturated rings. The van der Waals surface area contributed by atoms with Gasteiger partial charge in [-0.2, -0.15) is 5.10 Å². The minimum absolute atomic E-state index is 0.0345. The van der Waals surface area contributed by atoms with Crippen molar-refractivity contribution < 1.29 is 9.59 Å². The maximum absolute atomic E-state index is 12.7. The zero-order valence-electron chi connectivity index (χ0n) is 18.2. The fourth-order valence-electron chi connectivity index (χ4n) is 5.87. The summed E-state index contributed by atoms with van der Waals surface area (Å²) in [5.74, 6) is 1.11. The van der Waals surface area contributed by atoms with E-state index in [4.69, 9.17) is 5.10 Å². The van der Waals surface area contributed by atoms with E-state index in [0.717, 1.165) is 12.1 Å². The minimum Gasteiger partial charge on any atom is -0.356 e. The van der Waals surface area contributed by atoms with Crippen LogP contribution in [0.15, 0.2) is 29.4 Å². The van der Waals surface area contributed by atoms with E-state index >= 15 is 0 Å². The van der Waals surface area contributed by atoms with Gasteiger partial charge in [-0.05, 0) is 43.6 Å². The lowest BCUT2D eigenvalue weighted by molar-refractivity contribution is -0.140. The molecule has 8 nitrogen and oxygen atoms in total. The lowest BCUT2D eigenvalue weighted by atomic mass is 9.85. The number of carbonyl (C=O) groups is 2. The van der Waals surface area contributed by atoms with Gasteiger partial charge in [-0.1, -0.05) is 25.0 Å². The third-order valence-corrected chi connectivity index (χ3v) is 7.44. The Hall–Kier alpha value is -2.64. The first-order chi connectivity index (χ1) is 15.2. The molecule has 2 N–H and O–H groups in total. The van der Waals surface area contributed by atoms with Gasteiger partial charge in [0.15, 0.2) is 5.96 Å². The smallest absolute Gasteiger partial charge is 0.233 e. The van der Waals surface area contributed by atoms with E-state index in [9.17, 15) is 9.59 Å². The molecular weight excluding hydrogens is 392 g/mol. The second-order valence-corrected chi connectivity index (χ2v) is 9.26. The molecule has 1 aromatic rings. The number of aliphatic imine (C=N–C) groups is 1. The van der Waals surface area contributed by atoms with Gasteiger partial charge in [0.05, 0.1) is 30.1 Å². The van der Waals surface area contributed by atoms with Crippen molar-refractivity contribution in [2.75, 3.05) is 20.1 Å². The summed E-state index contributed by atoms with van der Waals surface area (Å²) < 4.78 is 2.10. The number of aromatic nitrogens is 2. The maximum atomic E-state index is 12.7. The van der Waals surface area contributed by atoms with Crippen LogP contribution >= 0.6 is 0 Å². The molecule has 0 aromatic carbocycles. The van der Waals surface area contributed by atoms with Gasteiger partial charge < -0.3 is 10.6 Å². The molecule has 2 amide bonds. The monoisotopic (exact) mass is 424 g/mol. The van der Waals surface area contributed by atoms with Crippen LogP contribution in [0, 0.1) is 23.7 Å². The molecule has 1 aromatic heterocycles. The Kier molecular flexibility index (Phi) is 5.54. The van der Waals surface area contributed by atoms with E-state index in [1.807, 2.05) is 0 Å². The van der Waals surface area contributed by atoms with Gasteiger partial charge in [-0.15, -0.1) is 0 Å². The Morgan fingerprint density at radius 1 is 1.13 bits per heavy atom. The molecule has 31 heavy (non-hydrogen) atoms. The Morgan fingerprint density at radius 3 is 2.52 bits per heavy atom. The number of allylic oxidation sites excluding steroid dienone is 2. The highest BCUT2D eigenvalue weighted by Gasteiger charge is 2.58. The van der Waals surface area contributed by atoms with Crippen LogP contribution in [0.4, 0.5) is 0 Å². The van der Waals surface area contributed by atoms with E-state index in [0.29, 0.717) is 38.1 Å². The highest BCUT2D eigenvalue weighted by atomic mass is 16.2. The standard InChI is InChI=1S/C23H32N6O2/c1-24-23(26-14-17-9-12-29(27-17)18-5-2-3-6-18)25-10-4-11-28-21(30)19-15-7-8-16(13-15)20(19)22(28)31/h7-9,12,15-16,18-20H,2-6,10-11,13-14H2,1H3,(H2,24,25,26). The van der Waals surface area contributed by atoms with E-state index in [-0.39, 0.29) is 35.5 Å². The third kappa shape index (κ3) is 3.77. The summed E-state index contributed by atoms with van der Waals surface area (Å²) in [7, 11) is 1.74. The molecule has 1 saturated heterocycles. The summed E-state index contributed by atoms with van der Waals surface area (Å²) in [4.78, 5) is 31.2. The average Bonchev–Trinajstić information content (AvgIpc) is 3.59. The van der Waals surface area contributed by atoms with Crippen LogP contribution in [0.3, 0.4) is 0 Å². The number of likely N-dealkylation sites (tertiary alicyclic amines) is 1. The fraction of sp³-hybridized carbons (Fsp3) is 0.652. The van der Waals surface area contributed by atoms with Crippen molar-refractivity contribution in [2.24, 2.45) is 28.7 Å². The topological polar surface area (TPSA) is 91.6 Å². The Morgan fingerprint density at radius 2 is 1.84 bits per heavy atom. The van der Waals surface area contributed by atoms with Crippen molar-refractivity contribution in [3.05, 3.63) is 30.1 Å². The maximum Gasteiger partial charge on any atom is 0.233 e. The molecule has 166 valence electrons. The summed E-state index contributed by atoms with van der Waals surface area (Å²) >= 11 is 0. The van der Waals surface area contributed by atoms with Crippen molar-refractivity contribution in [3.8, 4) is 0 Å². The first-order valence-electron chi connectivity index (χ1n) is 11.7. The Balaban J connectivity index is 1.05. The summed E-state index contributed by atoms with van der Waals surface area (Å²) in [6.07, 6.45) is 13.1. The summed E-state index contributed by atoms with van der Waals surface area (Å²) in [6, 6.07) is 2.61. The number of rotatable bonds is 7. The van der Waals surface area contributed by atoms with Crippen molar-refractivity contribution in [1.82, 2.24) is 25.3 Å². The number of hydrogen-bond acceptors (Lipinski definition) is 4. The van der Waals surface area contributed by atoms with E-state index in [1.54, 1.807) is 7.05 Å².